The smallest absolute Gasteiger partial charge is 0.278 e. The van der Waals surface area contributed by atoms with Crippen molar-refractivity contribution in [2.75, 3.05) is 4.90 Å². The van der Waals surface area contributed by atoms with Gasteiger partial charge in [0.1, 0.15) is 5.69 Å². The highest BCUT2D eigenvalue weighted by Crippen LogP contribution is 2.32. The molecule has 0 spiro atoms. The lowest BCUT2D eigenvalue weighted by Gasteiger charge is -2.22. The van der Waals surface area contributed by atoms with Gasteiger partial charge < -0.3 is 4.90 Å². The van der Waals surface area contributed by atoms with Crippen LogP contribution in [-0.2, 0) is 13.0 Å². The molecule has 0 bridgehead atoms. The molecule has 1 aromatic carbocycles. The molecule has 5 nitrogen and oxygen atoms in total. The van der Waals surface area contributed by atoms with E-state index in [0.29, 0.717) is 12.2 Å². The Kier molecular flexibility index (Phi) is 3.79. The topological polar surface area (TPSA) is 55.2 Å². The summed E-state index contributed by atoms with van der Waals surface area (Å²) in [7, 11) is 0. The highest BCUT2D eigenvalue weighted by atomic mass is 16.2. The molecule has 0 saturated heterocycles. The summed E-state index contributed by atoms with van der Waals surface area (Å²) in [5, 5.41) is 4.23. The number of nitrogens with zero attached hydrogens (tertiary/aromatic N) is 3. The van der Waals surface area contributed by atoms with Crippen LogP contribution >= 0.6 is 0 Å². The van der Waals surface area contributed by atoms with E-state index in [1.165, 1.54) is 22.4 Å². The first-order valence-electron chi connectivity index (χ1n) is 7.61. The molecule has 5 heteroatoms. The van der Waals surface area contributed by atoms with Gasteiger partial charge in [0.2, 0.25) is 0 Å². The van der Waals surface area contributed by atoms with Crippen molar-refractivity contribution in [3.8, 4) is 0 Å². The van der Waals surface area contributed by atoms with E-state index < -0.39 is 0 Å². The van der Waals surface area contributed by atoms with Gasteiger partial charge in [-0.05, 0) is 37.5 Å². The maximum absolute atomic E-state index is 12.8. The van der Waals surface area contributed by atoms with Crippen LogP contribution in [0.3, 0.4) is 0 Å². The van der Waals surface area contributed by atoms with Crippen molar-refractivity contribution in [2.24, 2.45) is 0 Å². The van der Waals surface area contributed by atoms with Crippen LogP contribution in [0, 0.1) is 0 Å². The molecule has 0 fully saturated rings. The third kappa shape index (κ3) is 2.43. The Morgan fingerprint density at radius 1 is 1.27 bits per heavy atom. The summed E-state index contributed by atoms with van der Waals surface area (Å²) in [6.45, 7) is 4.52. The molecule has 0 N–H and O–H groups in total. The van der Waals surface area contributed by atoms with Crippen molar-refractivity contribution >= 4 is 11.6 Å². The van der Waals surface area contributed by atoms with Crippen molar-refractivity contribution in [2.45, 2.75) is 39.3 Å². The van der Waals surface area contributed by atoms with Gasteiger partial charge in [0.15, 0.2) is 0 Å². The van der Waals surface area contributed by atoms with Crippen molar-refractivity contribution in [3.05, 3.63) is 58.0 Å². The minimum Gasteiger partial charge on any atom is -0.304 e. The van der Waals surface area contributed by atoms with Crippen molar-refractivity contribution in [3.63, 3.8) is 0 Å². The van der Waals surface area contributed by atoms with Crippen LogP contribution in [-0.4, -0.2) is 21.7 Å². The highest BCUT2D eigenvalue weighted by molar-refractivity contribution is 6.06. The fourth-order valence-electron chi connectivity index (χ4n) is 2.93. The molecule has 22 heavy (non-hydrogen) atoms. The normalized spacial score (nSPS) is 16.6. The van der Waals surface area contributed by atoms with Gasteiger partial charge in [0, 0.05) is 24.3 Å². The quantitative estimate of drug-likeness (QED) is 0.873. The Hall–Kier alpha value is -2.43. The predicted molar refractivity (Wildman–Crippen MR) is 85.2 cm³/mol. The van der Waals surface area contributed by atoms with E-state index in [1.807, 2.05) is 38.1 Å². The molecular weight excluding hydrogens is 278 g/mol. The van der Waals surface area contributed by atoms with Gasteiger partial charge in [-0.15, -0.1) is 0 Å². The van der Waals surface area contributed by atoms with Gasteiger partial charge in [0.05, 0.1) is 0 Å². The average Bonchev–Trinajstić information content (AvgIpc) is 2.85. The van der Waals surface area contributed by atoms with Gasteiger partial charge in [-0.25, -0.2) is 4.68 Å². The summed E-state index contributed by atoms with van der Waals surface area (Å²) < 4.78 is 1.36. The van der Waals surface area contributed by atoms with Crippen molar-refractivity contribution in [1.82, 2.24) is 9.78 Å². The third-order valence-electron chi connectivity index (χ3n) is 3.95. The first-order valence-corrected chi connectivity index (χ1v) is 7.61. The molecule has 3 rings (SSSR count). The van der Waals surface area contributed by atoms with E-state index in [9.17, 15) is 9.59 Å². The molecule has 1 amide bonds. The number of aromatic nitrogens is 2. The number of para-hydroxylation sites is 1. The number of amides is 1. The number of hydrogen-bond donors (Lipinski definition) is 0. The molecule has 1 atom stereocenters. The monoisotopic (exact) mass is 297 g/mol. The predicted octanol–water partition coefficient (Wildman–Crippen LogP) is 2.24. The van der Waals surface area contributed by atoms with Crippen molar-refractivity contribution in [1.29, 1.82) is 0 Å². The van der Waals surface area contributed by atoms with E-state index in [2.05, 4.69) is 5.10 Å². The molecule has 1 aliphatic heterocycles. The number of carbonyl (C=O) groups excluding carboxylic acids is 1. The maximum atomic E-state index is 12.8. The molecule has 114 valence electrons. The standard InChI is InChI=1S/C17H19N3O2/c1-3-10-19-16(21)9-8-14(18-19)17(22)20-12(2)11-13-6-4-5-7-15(13)20/h4-9,12H,3,10-11H2,1-2H3/t12-/m0/s1. The van der Waals surface area contributed by atoms with Gasteiger partial charge in [-0.1, -0.05) is 25.1 Å². The molecular formula is C17H19N3O2. The number of hydrogen-bond acceptors (Lipinski definition) is 3. The number of anilines is 1. The second kappa shape index (κ2) is 5.75. The molecule has 0 saturated carbocycles. The molecule has 0 unspecified atom stereocenters. The lowest BCUT2D eigenvalue weighted by molar-refractivity contribution is 0.0974. The summed E-state index contributed by atoms with van der Waals surface area (Å²) in [4.78, 5) is 26.4. The van der Waals surface area contributed by atoms with E-state index >= 15 is 0 Å². The van der Waals surface area contributed by atoms with Crippen LogP contribution in [0.5, 0.6) is 0 Å². The van der Waals surface area contributed by atoms with Crippen LogP contribution in [0.2, 0.25) is 0 Å². The fourth-order valence-corrected chi connectivity index (χ4v) is 2.93. The molecule has 0 radical (unpaired) electrons. The number of aryl methyl sites for hydroxylation is 1. The second-order valence-electron chi connectivity index (χ2n) is 5.64. The number of benzene rings is 1. The van der Waals surface area contributed by atoms with Crippen molar-refractivity contribution < 1.29 is 4.79 Å². The lowest BCUT2D eigenvalue weighted by Crippen LogP contribution is -2.37. The van der Waals surface area contributed by atoms with E-state index in [4.69, 9.17) is 0 Å². The van der Waals surface area contributed by atoms with Gasteiger partial charge >= 0.3 is 0 Å². The Morgan fingerprint density at radius 2 is 2.05 bits per heavy atom. The summed E-state index contributed by atoms with van der Waals surface area (Å²) in [6.07, 6.45) is 1.64. The number of fused-ring (bicyclic) bond motifs is 1. The molecule has 0 aliphatic carbocycles. The second-order valence-corrected chi connectivity index (χ2v) is 5.64. The Bertz CT molecular complexity index is 766. The number of carbonyl (C=O) groups is 1. The Labute approximate surface area is 129 Å². The molecule has 2 heterocycles. The SMILES string of the molecule is CCCn1nc(C(=O)N2c3ccccc3C[C@@H]2C)ccc1=O. The van der Waals surface area contributed by atoms with Crippen LogP contribution in [0.15, 0.2) is 41.2 Å². The number of rotatable bonds is 3. The van der Waals surface area contributed by atoms with E-state index in [0.717, 1.165) is 18.5 Å². The first kappa shape index (κ1) is 14.5. The van der Waals surface area contributed by atoms with Crippen LogP contribution in [0.25, 0.3) is 0 Å². The van der Waals surface area contributed by atoms with Gasteiger partial charge in [0.25, 0.3) is 11.5 Å². The van der Waals surface area contributed by atoms with Gasteiger partial charge in [-0.2, -0.15) is 5.10 Å². The zero-order valence-corrected chi connectivity index (χ0v) is 12.8. The Balaban J connectivity index is 1.98. The zero-order valence-electron chi connectivity index (χ0n) is 12.8. The average molecular weight is 297 g/mol. The lowest BCUT2D eigenvalue weighted by atomic mass is 10.1. The van der Waals surface area contributed by atoms with Gasteiger partial charge in [-0.3, -0.25) is 9.59 Å². The maximum Gasteiger partial charge on any atom is 0.278 e. The van der Waals surface area contributed by atoms with Crippen LogP contribution < -0.4 is 10.5 Å². The fraction of sp³-hybridized carbons (Fsp3) is 0.353. The summed E-state index contributed by atoms with van der Waals surface area (Å²) in [5.41, 5.74) is 2.25. The zero-order chi connectivity index (χ0) is 15.7. The summed E-state index contributed by atoms with van der Waals surface area (Å²) in [6, 6.07) is 11.0. The van der Waals surface area contributed by atoms with Crippen LogP contribution in [0.4, 0.5) is 5.69 Å². The first-order chi connectivity index (χ1) is 10.6. The molecule has 1 aromatic heterocycles. The Morgan fingerprint density at radius 3 is 2.82 bits per heavy atom. The molecule has 1 aliphatic rings. The van der Waals surface area contributed by atoms with E-state index in [1.54, 1.807) is 4.90 Å². The third-order valence-corrected chi connectivity index (χ3v) is 3.95. The largest absolute Gasteiger partial charge is 0.304 e. The minimum atomic E-state index is -0.173. The summed E-state index contributed by atoms with van der Waals surface area (Å²) >= 11 is 0. The summed E-state index contributed by atoms with van der Waals surface area (Å²) in [5.74, 6) is -0.151. The minimum absolute atomic E-state index is 0.0956. The molecule has 2 aromatic rings. The highest BCUT2D eigenvalue weighted by Gasteiger charge is 2.32. The van der Waals surface area contributed by atoms with Crippen LogP contribution in [0.1, 0.15) is 36.3 Å². The van der Waals surface area contributed by atoms with E-state index in [-0.39, 0.29) is 17.5 Å².